The van der Waals surface area contributed by atoms with Gasteiger partial charge < -0.3 is 14.6 Å². The van der Waals surface area contributed by atoms with Crippen LogP contribution in [-0.2, 0) is 20.9 Å². The van der Waals surface area contributed by atoms with E-state index in [0.29, 0.717) is 13.2 Å². The third-order valence-electron chi connectivity index (χ3n) is 4.52. The second-order valence-electron chi connectivity index (χ2n) is 6.78. The van der Waals surface area contributed by atoms with Gasteiger partial charge in [0, 0.05) is 11.3 Å². The van der Waals surface area contributed by atoms with Crippen LogP contribution in [0.2, 0.25) is 0 Å². The van der Waals surface area contributed by atoms with Gasteiger partial charge in [0.1, 0.15) is 6.10 Å². The molecule has 0 fully saturated rings. The lowest BCUT2D eigenvalue weighted by molar-refractivity contribution is -0.535. The number of nitrogens with zero attached hydrogens (tertiary/aromatic N) is 1. The molecule has 0 amide bonds. The highest BCUT2D eigenvalue weighted by Crippen LogP contribution is 2.22. The van der Waals surface area contributed by atoms with Gasteiger partial charge in [-0.25, -0.2) is 0 Å². The Kier molecular flexibility index (Phi) is 9.83. The Balaban J connectivity index is 2.56. The van der Waals surface area contributed by atoms with Crippen molar-refractivity contribution in [2.45, 2.75) is 51.9 Å². The number of benzene rings is 1. The molecule has 3 unspecified atom stereocenters. The van der Waals surface area contributed by atoms with Gasteiger partial charge in [-0.15, -0.1) is 0 Å². The van der Waals surface area contributed by atoms with Gasteiger partial charge >= 0.3 is 5.97 Å². The van der Waals surface area contributed by atoms with Crippen LogP contribution in [0.4, 0.5) is 0 Å². The summed E-state index contributed by atoms with van der Waals surface area (Å²) in [6.07, 6.45) is -1.02. The minimum absolute atomic E-state index is 0.0192. The van der Waals surface area contributed by atoms with E-state index >= 15 is 0 Å². The quantitative estimate of drug-likeness (QED) is 0.346. The molecule has 1 rings (SSSR count). The Morgan fingerprint density at radius 2 is 1.92 bits per heavy atom. The highest BCUT2D eigenvalue weighted by atomic mass is 16.6. The highest BCUT2D eigenvalue weighted by Gasteiger charge is 2.33. The number of carbonyl (C=O) groups is 1. The Hall–Kier alpha value is -1.99. The number of nitro groups is 1. The summed E-state index contributed by atoms with van der Waals surface area (Å²) in [7, 11) is 1.23. The number of ether oxygens (including phenoxy) is 2. The smallest absolute Gasteiger partial charge is 0.305 e. The summed E-state index contributed by atoms with van der Waals surface area (Å²) < 4.78 is 10.3. The first-order valence-corrected chi connectivity index (χ1v) is 8.85. The molecule has 0 spiro atoms. The van der Waals surface area contributed by atoms with Crippen molar-refractivity contribution in [3.8, 4) is 0 Å². The Bertz CT molecular complexity index is 548. The standard InChI is InChI=1S/C19H29NO6/c1-14(2)16(13-26-12-15-7-5-4-6-8-15)11-18(21)17(20(23)24)9-10-19(22)25-3/h4-8,14,16-18,21H,9-13H2,1-3H3. The van der Waals surface area contributed by atoms with Gasteiger partial charge in [-0.3, -0.25) is 14.9 Å². The fourth-order valence-electron chi connectivity index (χ4n) is 2.71. The maximum absolute atomic E-state index is 11.3. The molecule has 0 heterocycles. The fraction of sp³-hybridized carbons (Fsp3) is 0.632. The van der Waals surface area contributed by atoms with Crippen LogP contribution in [0.1, 0.15) is 38.7 Å². The molecule has 1 N–H and O–H groups in total. The topological polar surface area (TPSA) is 98.9 Å². The monoisotopic (exact) mass is 367 g/mol. The second-order valence-corrected chi connectivity index (χ2v) is 6.78. The number of carbonyl (C=O) groups excluding carboxylic acids is 1. The van der Waals surface area contributed by atoms with Gasteiger partial charge in [-0.1, -0.05) is 44.2 Å². The van der Waals surface area contributed by atoms with Gasteiger partial charge in [0.2, 0.25) is 6.04 Å². The Morgan fingerprint density at radius 1 is 1.27 bits per heavy atom. The van der Waals surface area contributed by atoms with Crippen molar-refractivity contribution in [3.63, 3.8) is 0 Å². The lowest BCUT2D eigenvalue weighted by Gasteiger charge is -2.25. The average Bonchev–Trinajstić information content (AvgIpc) is 2.61. The van der Waals surface area contributed by atoms with Crippen LogP contribution < -0.4 is 0 Å². The predicted molar refractivity (Wildman–Crippen MR) is 97.1 cm³/mol. The normalized spacial score (nSPS) is 14.7. The zero-order valence-electron chi connectivity index (χ0n) is 15.7. The Labute approximate surface area is 154 Å². The molecule has 7 nitrogen and oxygen atoms in total. The van der Waals surface area contributed by atoms with Crippen LogP contribution in [0, 0.1) is 22.0 Å². The SMILES string of the molecule is COC(=O)CCC(C(O)CC(COCc1ccccc1)C(C)C)[N+](=O)[O-]. The van der Waals surface area contributed by atoms with E-state index in [0.717, 1.165) is 5.56 Å². The van der Waals surface area contributed by atoms with Crippen LogP contribution in [0.25, 0.3) is 0 Å². The van der Waals surface area contributed by atoms with E-state index in [1.165, 1.54) is 7.11 Å². The fourth-order valence-corrected chi connectivity index (χ4v) is 2.71. The summed E-state index contributed by atoms with van der Waals surface area (Å²) in [6, 6.07) is 8.55. The van der Waals surface area contributed by atoms with Crippen molar-refractivity contribution in [2.75, 3.05) is 13.7 Å². The second kappa shape index (κ2) is 11.6. The van der Waals surface area contributed by atoms with Crippen molar-refractivity contribution in [1.29, 1.82) is 0 Å². The molecule has 0 aromatic heterocycles. The molecule has 0 aliphatic carbocycles. The number of hydrogen-bond acceptors (Lipinski definition) is 6. The molecule has 7 heteroatoms. The van der Waals surface area contributed by atoms with Crippen LogP contribution in [0.3, 0.4) is 0 Å². The average molecular weight is 367 g/mol. The van der Waals surface area contributed by atoms with E-state index in [-0.39, 0.29) is 31.1 Å². The lowest BCUT2D eigenvalue weighted by atomic mass is 9.88. The lowest BCUT2D eigenvalue weighted by Crippen LogP contribution is -2.37. The molecule has 1 aromatic rings. The molecule has 1 aromatic carbocycles. The zero-order valence-corrected chi connectivity index (χ0v) is 15.7. The number of aliphatic hydroxyl groups excluding tert-OH is 1. The van der Waals surface area contributed by atoms with Gasteiger partial charge in [0.05, 0.1) is 26.7 Å². The van der Waals surface area contributed by atoms with E-state index in [1.807, 2.05) is 44.2 Å². The van der Waals surface area contributed by atoms with Crippen LogP contribution in [0.5, 0.6) is 0 Å². The minimum Gasteiger partial charge on any atom is -0.469 e. The molecule has 3 atom stereocenters. The number of aliphatic hydroxyl groups is 1. The maximum atomic E-state index is 11.3. The summed E-state index contributed by atoms with van der Waals surface area (Å²) >= 11 is 0. The molecular formula is C19H29NO6. The van der Waals surface area contributed by atoms with Gasteiger partial charge in [0.25, 0.3) is 0 Å². The van der Waals surface area contributed by atoms with Crippen molar-refractivity contribution < 1.29 is 24.3 Å². The molecule has 0 radical (unpaired) electrons. The van der Waals surface area contributed by atoms with E-state index in [9.17, 15) is 20.0 Å². The zero-order chi connectivity index (χ0) is 19.5. The van der Waals surface area contributed by atoms with E-state index < -0.39 is 23.0 Å². The number of rotatable bonds is 12. The number of methoxy groups -OCH3 is 1. The molecule has 0 aliphatic heterocycles. The van der Waals surface area contributed by atoms with Gasteiger partial charge in [-0.05, 0) is 23.8 Å². The molecule has 0 bridgehead atoms. The molecule has 26 heavy (non-hydrogen) atoms. The largest absolute Gasteiger partial charge is 0.469 e. The van der Waals surface area contributed by atoms with Crippen molar-refractivity contribution >= 4 is 5.97 Å². The van der Waals surface area contributed by atoms with Crippen molar-refractivity contribution in [1.82, 2.24) is 0 Å². The molecule has 0 aliphatic rings. The summed E-state index contributed by atoms with van der Waals surface area (Å²) in [5, 5.41) is 21.6. The van der Waals surface area contributed by atoms with Crippen molar-refractivity contribution in [2.24, 2.45) is 11.8 Å². The van der Waals surface area contributed by atoms with E-state index in [2.05, 4.69) is 4.74 Å². The molecular weight excluding hydrogens is 338 g/mol. The van der Waals surface area contributed by atoms with Gasteiger partial charge in [0.15, 0.2) is 0 Å². The first-order chi connectivity index (χ1) is 12.3. The highest BCUT2D eigenvalue weighted by molar-refractivity contribution is 5.69. The number of esters is 1. The third-order valence-corrected chi connectivity index (χ3v) is 4.52. The molecule has 0 saturated carbocycles. The Morgan fingerprint density at radius 3 is 2.46 bits per heavy atom. The van der Waals surface area contributed by atoms with Crippen molar-refractivity contribution in [3.05, 3.63) is 46.0 Å². The van der Waals surface area contributed by atoms with Crippen LogP contribution in [-0.4, -0.2) is 41.9 Å². The summed E-state index contributed by atoms with van der Waals surface area (Å²) in [5.74, 6) is -0.335. The predicted octanol–water partition coefficient (Wildman–Crippen LogP) is 2.82. The maximum Gasteiger partial charge on any atom is 0.305 e. The summed E-state index contributed by atoms with van der Waals surface area (Å²) in [5.41, 5.74) is 1.05. The number of hydrogen-bond donors (Lipinski definition) is 1. The molecule has 0 saturated heterocycles. The van der Waals surface area contributed by atoms with Crippen LogP contribution >= 0.6 is 0 Å². The molecule has 146 valence electrons. The summed E-state index contributed by atoms with van der Waals surface area (Å²) in [6.45, 7) is 4.87. The van der Waals surface area contributed by atoms with Gasteiger partial charge in [-0.2, -0.15) is 0 Å². The minimum atomic E-state index is -1.19. The van der Waals surface area contributed by atoms with E-state index in [1.54, 1.807) is 0 Å². The third kappa shape index (κ3) is 7.93. The van der Waals surface area contributed by atoms with Crippen LogP contribution in [0.15, 0.2) is 30.3 Å². The summed E-state index contributed by atoms with van der Waals surface area (Å²) in [4.78, 5) is 22.0. The first-order valence-electron chi connectivity index (χ1n) is 8.85. The van der Waals surface area contributed by atoms with E-state index in [4.69, 9.17) is 4.74 Å². The first kappa shape index (κ1) is 22.1.